The molecule has 0 radical (unpaired) electrons. The summed E-state index contributed by atoms with van der Waals surface area (Å²) in [6, 6.07) is 16.7. The summed E-state index contributed by atoms with van der Waals surface area (Å²) >= 11 is 0. The van der Waals surface area contributed by atoms with Gasteiger partial charge in [-0.2, -0.15) is 9.78 Å². The number of fused-ring (bicyclic) bond motifs is 3. The van der Waals surface area contributed by atoms with Crippen molar-refractivity contribution >= 4 is 28.4 Å². The first-order chi connectivity index (χ1) is 15.2. The predicted molar refractivity (Wildman–Crippen MR) is 117 cm³/mol. The Morgan fingerprint density at radius 3 is 2.90 bits per heavy atom. The van der Waals surface area contributed by atoms with Gasteiger partial charge in [-0.25, -0.2) is 9.97 Å². The van der Waals surface area contributed by atoms with Crippen molar-refractivity contribution < 1.29 is 4.79 Å². The lowest BCUT2D eigenvalue weighted by molar-refractivity contribution is -0.122. The molecule has 1 unspecified atom stereocenters. The molecule has 0 saturated carbocycles. The second kappa shape index (κ2) is 8.03. The molecule has 8 heteroatoms. The first-order valence-electron chi connectivity index (χ1n) is 10.4. The van der Waals surface area contributed by atoms with E-state index < -0.39 is 0 Å². The minimum absolute atomic E-state index is 0.0233. The van der Waals surface area contributed by atoms with Gasteiger partial charge in [0.25, 0.3) is 0 Å². The van der Waals surface area contributed by atoms with Crippen LogP contribution < -0.4 is 10.6 Å². The number of carbonyl (C=O) groups excluding carboxylic acids is 1. The van der Waals surface area contributed by atoms with Crippen molar-refractivity contribution in [3.63, 3.8) is 0 Å². The van der Waals surface area contributed by atoms with Crippen molar-refractivity contribution in [2.75, 3.05) is 11.9 Å². The fraction of sp³-hybridized carbons (Fsp3) is 0.261. The molecule has 1 aliphatic heterocycles. The molecule has 3 heterocycles. The minimum Gasteiger partial charge on any atom is -0.354 e. The van der Waals surface area contributed by atoms with Crippen molar-refractivity contribution in [3.05, 3.63) is 54.1 Å². The number of para-hydroxylation sites is 1. The lowest BCUT2D eigenvalue weighted by Crippen LogP contribution is -2.41. The SMILES string of the molecule is N#Cc1cccc(-c2nc3c4ccccc4nc(NC4CCCCCNC4=O)n3n2)c1. The highest BCUT2D eigenvalue weighted by Gasteiger charge is 2.23. The van der Waals surface area contributed by atoms with Gasteiger partial charge in [0, 0.05) is 17.5 Å². The fourth-order valence-electron chi connectivity index (χ4n) is 3.91. The minimum atomic E-state index is -0.383. The number of hydrogen-bond acceptors (Lipinski definition) is 6. The summed E-state index contributed by atoms with van der Waals surface area (Å²) in [4.78, 5) is 22.1. The Hall–Kier alpha value is -3.99. The van der Waals surface area contributed by atoms with Gasteiger partial charge < -0.3 is 10.6 Å². The Morgan fingerprint density at radius 1 is 1.10 bits per heavy atom. The molecule has 0 spiro atoms. The summed E-state index contributed by atoms with van der Waals surface area (Å²) in [5.74, 6) is 0.954. The molecule has 8 nitrogen and oxygen atoms in total. The summed E-state index contributed by atoms with van der Waals surface area (Å²) in [5, 5.41) is 21.1. The zero-order chi connectivity index (χ0) is 21.2. The lowest BCUT2D eigenvalue weighted by atomic mass is 10.1. The van der Waals surface area contributed by atoms with Gasteiger partial charge in [0.1, 0.15) is 6.04 Å². The molecule has 2 aromatic heterocycles. The van der Waals surface area contributed by atoms with Gasteiger partial charge in [-0.3, -0.25) is 4.79 Å². The van der Waals surface area contributed by atoms with Gasteiger partial charge in [-0.15, -0.1) is 5.10 Å². The normalized spacial score (nSPS) is 17.0. The van der Waals surface area contributed by atoms with Crippen LogP contribution in [-0.2, 0) is 4.79 Å². The summed E-state index contributed by atoms with van der Waals surface area (Å²) < 4.78 is 1.66. The van der Waals surface area contributed by atoms with E-state index in [-0.39, 0.29) is 11.9 Å². The summed E-state index contributed by atoms with van der Waals surface area (Å²) in [6.45, 7) is 0.695. The summed E-state index contributed by atoms with van der Waals surface area (Å²) in [6.07, 6.45) is 3.80. The number of carbonyl (C=O) groups is 1. The number of hydrogen-bond donors (Lipinski definition) is 2. The van der Waals surface area contributed by atoms with Gasteiger partial charge in [-0.05, 0) is 37.1 Å². The smallest absolute Gasteiger partial charge is 0.242 e. The van der Waals surface area contributed by atoms with Crippen LogP contribution in [0.3, 0.4) is 0 Å². The molecule has 1 atom stereocenters. The topological polar surface area (TPSA) is 108 Å². The van der Waals surface area contributed by atoms with E-state index in [2.05, 4.69) is 21.8 Å². The van der Waals surface area contributed by atoms with Crippen LogP contribution in [0.5, 0.6) is 0 Å². The van der Waals surface area contributed by atoms with Gasteiger partial charge in [-0.1, -0.05) is 37.1 Å². The number of nitriles is 1. The summed E-state index contributed by atoms with van der Waals surface area (Å²) in [5.41, 5.74) is 2.72. The lowest BCUT2D eigenvalue weighted by Gasteiger charge is -2.21. The van der Waals surface area contributed by atoms with Crippen molar-refractivity contribution in [3.8, 4) is 17.5 Å². The third-order valence-corrected chi connectivity index (χ3v) is 5.52. The number of anilines is 1. The van der Waals surface area contributed by atoms with E-state index in [1.807, 2.05) is 36.4 Å². The molecule has 5 rings (SSSR count). The number of nitrogens with one attached hydrogen (secondary N) is 2. The molecule has 1 saturated heterocycles. The maximum Gasteiger partial charge on any atom is 0.242 e. The van der Waals surface area contributed by atoms with Crippen molar-refractivity contribution in [1.82, 2.24) is 24.9 Å². The molecule has 154 valence electrons. The van der Waals surface area contributed by atoms with Crippen molar-refractivity contribution in [2.24, 2.45) is 0 Å². The molecule has 1 aliphatic rings. The first kappa shape index (κ1) is 19.0. The molecule has 2 aromatic carbocycles. The number of rotatable bonds is 3. The van der Waals surface area contributed by atoms with Crippen LogP contribution in [0, 0.1) is 11.3 Å². The van der Waals surface area contributed by atoms with Crippen LogP contribution in [0.2, 0.25) is 0 Å². The van der Waals surface area contributed by atoms with Gasteiger partial charge >= 0.3 is 0 Å². The second-order valence-corrected chi connectivity index (χ2v) is 7.65. The van der Waals surface area contributed by atoms with Crippen LogP contribution in [0.4, 0.5) is 5.95 Å². The van der Waals surface area contributed by atoms with Gasteiger partial charge in [0.2, 0.25) is 11.9 Å². The van der Waals surface area contributed by atoms with E-state index in [0.717, 1.165) is 42.1 Å². The van der Waals surface area contributed by atoms with E-state index in [1.54, 1.807) is 16.6 Å². The number of nitrogens with zero attached hydrogens (tertiary/aromatic N) is 5. The highest BCUT2D eigenvalue weighted by Crippen LogP contribution is 2.25. The van der Waals surface area contributed by atoms with Crippen molar-refractivity contribution in [2.45, 2.75) is 31.7 Å². The molecule has 1 amide bonds. The Labute approximate surface area is 178 Å². The van der Waals surface area contributed by atoms with Crippen LogP contribution in [0.25, 0.3) is 27.9 Å². The zero-order valence-corrected chi connectivity index (χ0v) is 16.9. The molecule has 4 aromatic rings. The Bertz CT molecular complexity index is 1320. The quantitative estimate of drug-likeness (QED) is 0.536. The predicted octanol–water partition coefficient (Wildman–Crippen LogP) is 3.29. The average Bonchev–Trinajstić information content (AvgIpc) is 3.25. The molecule has 0 bridgehead atoms. The van der Waals surface area contributed by atoms with Crippen LogP contribution in [0.1, 0.15) is 31.2 Å². The third kappa shape index (κ3) is 3.66. The third-order valence-electron chi connectivity index (χ3n) is 5.52. The Kier molecular flexibility index (Phi) is 4.92. The fourth-order valence-corrected chi connectivity index (χ4v) is 3.91. The molecule has 0 aliphatic carbocycles. The molecular weight excluding hydrogens is 390 g/mol. The molecular formula is C23H21N7O. The highest BCUT2D eigenvalue weighted by molar-refractivity contribution is 5.93. The van der Waals surface area contributed by atoms with E-state index in [0.29, 0.717) is 29.5 Å². The van der Waals surface area contributed by atoms with E-state index in [4.69, 9.17) is 9.97 Å². The highest BCUT2D eigenvalue weighted by atomic mass is 16.2. The maximum absolute atomic E-state index is 12.6. The molecule has 2 N–H and O–H groups in total. The van der Waals surface area contributed by atoms with Crippen LogP contribution >= 0.6 is 0 Å². The Morgan fingerprint density at radius 2 is 2.00 bits per heavy atom. The van der Waals surface area contributed by atoms with Gasteiger partial charge in [0.05, 0.1) is 17.1 Å². The zero-order valence-electron chi connectivity index (χ0n) is 16.9. The largest absolute Gasteiger partial charge is 0.354 e. The summed E-state index contributed by atoms with van der Waals surface area (Å²) in [7, 11) is 0. The van der Waals surface area contributed by atoms with Crippen LogP contribution in [0.15, 0.2) is 48.5 Å². The second-order valence-electron chi connectivity index (χ2n) is 7.65. The van der Waals surface area contributed by atoms with Crippen molar-refractivity contribution in [1.29, 1.82) is 5.26 Å². The van der Waals surface area contributed by atoms with E-state index >= 15 is 0 Å². The first-order valence-corrected chi connectivity index (χ1v) is 10.4. The molecule has 1 fully saturated rings. The van der Waals surface area contributed by atoms with E-state index in [1.165, 1.54) is 0 Å². The van der Waals surface area contributed by atoms with Crippen LogP contribution in [-0.4, -0.2) is 38.1 Å². The monoisotopic (exact) mass is 411 g/mol. The average molecular weight is 411 g/mol. The van der Waals surface area contributed by atoms with Gasteiger partial charge in [0.15, 0.2) is 11.5 Å². The standard InChI is InChI=1S/C23H21N7O/c24-14-15-7-6-8-16(13-15)20-28-21-17-9-3-4-10-18(17)26-23(30(21)29-20)27-19-11-2-1-5-12-25-22(19)31/h3-4,6-10,13,19H,1-2,5,11-12H2,(H,25,31)(H,26,27). The molecule has 31 heavy (non-hydrogen) atoms. The van der Waals surface area contributed by atoms with E-state index in [9.17, 15) is 10.1 Å². The Balaban J connectivity index is 1.63. The number of aromatic nitrogens is 4. The number of benzene rings is 2. The maximum atomic E-state index is 12.6. The number of amides is 1.